The molecule has 0 saturated heterocycles. The van der Waals surface area contributed by atoms with E-state index >= 15 is 0 Å². The number of benzene rings is 2. The number of carbonyl (C=O) groups is 1. The molecular weight excluding hydrogens is 344 g/mol. The monoisotopic (exact) mass is 366 g/mol. The van der Waals surface area contributed by atoms with Gasteiger partial charge in [-0.1, -0.05) is 36.0 Å². The highest BCUT2D eigenvalue weighted by molar-refractivity contribution is 8.04. The zero-order valence-corrected chi connectivity index (χ0v) is 16.0. The van der Waals surface area contributed by atoms with Gasteiger partial charge in [-0.25, -0.2) is 0 Å². The van der Waals surface area contributed by atoms with Crippen molar-refractivity contribution in [1.29, 1.82) is 0 Å². The average molecular weight is 366 g/mol. The molecule has 1 amide bonds. The molecule has 5 heteroatoms. The number of methoxy groups -OCH3 is 1. The van der Waals surface area contributed by atoms with Gasteiger partial charge in [0.2, 0.25) is 0 Å². The fourth-order valence-electron chi connectivity index (χ4n) is 2.66. The zero-order chi connectivity index (χ0) is 18.5. The Balaban J connectivity index is 1.92. The summed E-state index contributed by atoms with van der Waals surface area (Å²) >= 11 is 1.52. The zero-order valence-electron chi connectivity index (χ0n) is 15.2. The summed E-state index contributed by atoms with van der Waals surface area (Å²) in [6.07, 6.45) is 5.89. The summed E-state index contributed by atoms with van der Waals surface area (Å²) in [4.78, 5) is 18.6. The smallest absolute Gasteiger partial charge is 0.265 e. The highest BCUT2D eigenvalue weighted by atomic mass is 32.2. The van der Waals surface area contributed by atoms with Crippen LogP contribution in [0.15, 0.2) is 70.6 Å². The standard InChI is InChI=1S/C21H22N2O2S/c1-22(2)13-6-14-23-18-7-4-5-8-19(18)26-20(21(23)24)15-16-9-11-17(25-3)12-10-16/h4-13,15H,14H2,1-3H3. The van der Waals surface area contributed by atoms with Gasteiger partial charge < -0.3 is 14.5 Å². The summed E-state index contributed by atoms with van der Waals surface area (Å²) < 4.78 is 5.19. The normalized spacial score (nSPS) is 15.4. The van der Waals surface area contributed by atoms with Crippen LogP contribution >= 0.6 is 11.8 Å². The Kier molecular flexibility index (Phi) is 5.68. The first-order valence-corrected chi connectivity index (χ1v) is 9.17. The number of anilines is 1. The van der Waals surface area contributed by atoms with Gasteiger partial charge in [0.1, 0.15) is 5.75 Å². The molecule has 0 fully saturated rings. The molecule has 0 aromatic heterocycles. The molecule has 0 aliphatic carbocycles. The fraction of sp³-hybridized carbons (Fsp3) is 0.190. The van der Waals surface area contributed by atoms with Crippen LogP contribution < -0.4 is 9.64 Å². The minimum atomic E-state index is 0.0212. The second kappa shape index (κ2) is 8.15. The molecule has 1 heterocycles. The molecule has 0 saturated carbocycles. The van der Waals surface area contributed by atoms with E-state index in [0.29, 0.717) is 11.4 Å². The lowest BCUT2D eigenvalue weighted by Gasteiger charge is -2.29. The van der Waals surface area contributed by atoms with Crippen molar-refractivity contribution in [3.8, 4) is 5.75 Å². The molecule has 2 aromatic rings. The van der Waals surface area contributed by atoms with E-state index in [0.717, 1.165) is 21.9 Å². The number of nitrogens with zero attached hydrogens (tertiary/aromatic N) is 2. The Labute approximate surface area is 158 Å². The van der Waals surface area contributed by atoms with Crippen molar-refractivity contribution in [2.45, 2.75) is 4.90 Å². The topological polar surface area (TPSA) is 32.8 Å². The maximum atomic E-state index is 13.1. The van der Waals surface area contributed by atoms with Crippen LogP contribution in [0.25, 0.3) is 6.08 Å². The van der Waals surface area contributed by atoms with E-state index in [2.05, 4.69) is 6.07 Å². The summed E-state index contributed by atoms with van der Waals surface area (Å²) in [5.41, 5.74) is 1.93. The Morgan fingerprint density at radius 1 is 1.12 bits per heavy atom. The molecule has 0 radical (unpaired) electrons. The Morgan fingerprint density at radius 3 is 2.54 bits per heavy atom. The third-order valence-corrected chi connectivity index (χ3v) is 5.01. The molecule has 134 valence electrons. The number of carbonyl (C=O) groups excluding carboxylic acids is 1. The van der Waals surface area contributed by atoms with Crippen LogP contribution in [-0.4, -0.2) is 38.6 Å². The maximum Gasteiger partial charge on any atom is 0.265 e. The Hall–Kier alpha value is -2.66. The van der Waals surface area contributed by atoms with Crippen molar-refractivity contribution in [2.24, 2.45) is 0 Å². The molecule has 0 bridgehead atoms. The van der Waals surface area contributed by atoms with Crippen LogP contribution in [0.2, 0.25) is 0 Å². The van der Waals surface area contributed by atoms with Gasteiger partial charge >= 0.3 is 0 Å². The summed E-state index contributed by atoms with van der Waals surface area (Å²) in [5, 5.41) is 0. The molecule has 0 spiro atoms. The number of fused-ring (bicyclic) bond motifs is 1. The molecular formula is C21H22N2O2S. The average Bonchev–Trinajstić information content (AvgIpc) is 2.65. The van der Waals surface area contributed by atoms with E-state index in [1.165, 1.54) is 11.8 Å². The first-order chi connectivity index (χ1) is 12.6. The third kappa shape index (κ3) is 4.11. The summed E-state index contributed by atoms with van der Waals surface area (Å²) in [7, 11) is 5.57. The van der Waals surface area contributed by atoms with Crippen molar-refractivity contribution < 1.29 is 9.53 Å². The third-order valence-electron chi connectivity index (χ3n) is 3.94. The predicted molar refractivity (Wildman–Crippen MR) is 108 cm³/mol. The lowest BCUT2D eigenvalue weighted by molar-refractivity contribution is -0.114. The van der Waals surface area contributed by atoms with Crippen LogP contribution in [0.3, 0.4) is 0 Å². The molecule has 2 aromatic carbocycles. The molecule has 0 atom stereocenters. The Bertz CT molecular complexity index is 841. The number of rotatable bonds is 5. The van der Waals surface area contributed by atoms with E-state index in [-0.39, 0.29) is 5.91 Å². The van der Waals surface area contributed by atoms with E-state index in [4.69, 9.17) is 4.74 Å². The van der Waals surface area contributed by atoms with Crippen LogP contribution in [0.1, 0.15) is 5.56 Å². The minimum absolute atomic E-state index is 0.0212. The summed E-state index contributed by atoms with van der Waals surface area (Å²) in [6.45, 7) is 0.536. The Morgan fingerprint density at radius 2 is 1.85 bits per heavy atom. The van der Waals surface area contributed by atoms with E-state index in [1.54, 1.807) is 7.11 Å². The van der Waals surface area contributed by atoms with Gasteiger partial charge in [0.05, 0.1) is 17.7 Å². The van der Waals surface area contributed by atoms with Crippen LogP contribution in [0.5, 0.6) is 5.75 Å². The van der Waals surface area contributed by atoms with Gasteiger partial charge in [0.25, 0.3) is 5.91 Å². The maximum absolute atomic E-state index is 13.1. The molecule has 1 aliphatic rings. The van der Waals surface area contributed by atoms with Crippen molar-refractivity contribution in [2.75, 3.05) is 32.6 Å². The van der Waals surface area contributed by atoms with E-state index in [1.807, 2.05) is 84.7 Å². The molecule has 0 unspecified atom stereocenters. The van der Waals surface area contributed by atoms with Crippen LogP contribution in [0, 0.1) is 0 Å². The number of hydrogen-bond acceptors (Lipinski definition) is 4. The minimum Gasteiger partial charge on any atom is -0.497 e. The van der Waals surface area contributed by atoms with Crippen molar-refractivity contribution in [1.82, 2.24) is 4.90 Å². The van der Waals surface area contributed by atoms with Gasteiger partial charge in [-0.15, -0.1) is 0 Å². The number of ether oxygens (including phenoxy) is 1. The highest BCUT2D eigenvalue weighted by Gasteiger charge is 2.28. The molecule has 1 aliphatic heterocycles. The second-order valence-electron chi connectivity index (χ2n) is 6.12. The lowest BCUT2D eigenvalue weighted by atomic mass is 10.2. The van der Waals surface area contributed by atoms with Gasteiger partial charge in [-0.05, 0) is 48.2 Å². The summed E-state index contributed by atoms with van der Waals surface area (Å²) in [6, 6.07) is 15.7. The van der Waals surface area contributed by atoms with Gasteiger partial charge in [0.15, 0.2) is 0 Å². The van der Waals surface area contributed by atoms with Crippen molar-refractivity contribution >= 4 is 29.4 Å². The van der Waals surface area contributed by atoms with Crippen LogP contribution in [-0.2, 0) is 4.79 Å². The lowest BCUT2D eigenvalue weighted by Crippen LogP contribution is -2.34. The van der Waals surface area contributed by atoms with Gasteiger partial charge in [-0.3, -0.25) is 4.79 Å². The molecule has 0 N–H and O–H groups in total. The first-order valence-electron chi connectivity index (χ1n) is 8.36. The number of para-hydroxylation sites is 1. The van der Waals surface area contributed by atoms with Crippen molar-refractivity contribution in [3.05, 3.63) is 71.3 Å². The summed E-state index contributed by atoms with van der Waals surface area (Å²) in [5.74, 6) is 0.823. The van der Waals surface area contributed by atoms with Crippen LogP contribution in [0.4, 0.5) is 5.69 Å². The van der Waals surface area contributed by atoms with Gasteiger partial charge in [-0.2, -0.15) is 0 Å². The van der Waals surface area contributed by atoms with Crippen molar-refractivity contribution in [3.63, 3.8) is 0 Å². The largest absolute Gasteiger partial charge is 0.497 e. The number of thioether (sulfide) groups is 1. The highest BCUT2D eigenvalue weighted by Crippen LogP contribution is 2.41. The fourth-order valence-corrected chi connectivity index (χ4v) is 3.72. The van der Waals surface area contributed by atoms with E-state index < -0.39 is 0 Å². The first kappa shape index (κ1) is 18.1. The second-order valence-corrected chi connectivity index (χ2v) is 7.20. The molecule has 26 heavy (non-hydrogen) atoms. The molecule has 4 nitrogen and oxygen atoms in total. The quantitative estimate of drug-likeness (QED) is 0.741. The number of amides is 1. The van der Waals surface area contributed by atoms with Gasteiger partial charge in [0, 0.05) is 25.5 Å². The predicted octanol–water partition coefficient (Wildman–Crippen LogP) is 4.25. The van der Waals surface area contributed by atoms with E-state index in [9.17, 15) is 4.79 Å². The number of hydrogen-bond donors (Lipinski definition) is 0. The molecule has 3 rings (SSSR count). The SMILES string of the molecule is COc1ccc(C=C2Sc3ccccc3N(CC=CN(C)C)C2=O)cc1.